The number of thioether (sulfide) groups is 1. The Bertz CT molecular complexity index is 713. The monoisotopic (exact) mass is 362 g/mol. The largest absolute Gasteiger partial charge is 0.455 e. The lowest BCUT2D eigenvalue weighted by Gasteiger charge is -2.29. The molecule has 1 amide bonds. The molecule has 1 heterocycles. The fourth-order valence-electron chi connectivity index (χ4n) is 3.00. The van der Waals surface area contributed by atoms with Gasteiger partial charge >= 0.3 is 5.97 Å². The maximum Gasteiger partial charge on any atom is 0.316 e. The number of oxazole rings is 1. The summed E-state index contributed by atoms with van der Waals surface area (Å²) in [5.41, 5.74) is 1.43. The third-order valence-electron chi connectivity index (χ3n) is 4.41. The van der Waals surface area contributed by atoms with Crippen LogP contribution >= 0.6 is 11.8 Å². The summed E-state index contributed by atoms with van der Waals surface area (Å²) < 4.78 is 10.6. The van der Waals surface area contributed by atoms with Crippen molar-refractivity contribution in [1.82, 2.24) is 10.3 Å². The lowest BCUT2D eigenvalue weighted by molar-refractivity contribution is -0.146. The molecule has 0 bridgehead atoms. The molecule has 0 spiro atoms. The van der Waals surface area contributed by atoms with Crippen molar-refractivity contribution in [2.75, 3.05) is 12.4 Å². The maximum atomic E-state index is 11.9. The van der Waals surface area contributed by atoms with Gasteiger partial charge in [-0.15, -0.1) is 0 Å². The van der Waals surface area contributed by atoms with E-state index in [0.29, 0.717) is 16.7 Å². The third kappa shape index (κ3) is 4.98. The fraction of sp³-hybridized carbons (Fsp3) is 0.500. The second-order valence-electron chi connectivity index (χ2n) is 6.33. The standard InChI is InChI=1S/C18H22N2O4S/c1-12-6-2-3-7-13(12)19-16(21)10-23-17(22)11-25-18-20-14-8-4-5-9-15(14)24-18/h4-5,8-9,12-13H,2-3,6-7,10-11H2,1H3,(H,19,21)/t12-,13+/m1/s1. The Hall–Kier alpha value is -2.02. The number of benzene rings is 1. The molecule has 134 valence electrons. The van der Waals surface area contributed by atoms with Gasteiger partial charge in [0.15, 0.2) is 12.2 Å². The van der Waals surface area contributed by atoms with E-state index in [0.717, 1.165) is 36.5 Å². The molecule has 3 rings (SSSR count). The zero-order valence-electron chi connectivity index (χ0n) is 14.2. The van der Waals surface area contributed by atoms with E-state index in [1.165, 1.54) is 6.42 Å². The van der Waals surface area contributed by atoms with Crippen molar-refractivity contribution >= 4 is 34.7 Å². The summed E-state index contributed by atoms with van der Waals surface area (Å²) in [5, 5.41) is 3.38. The summed E-state index contributed by atoms with van der Waals surface area (Å²) in [4.78, 5) is 28.0. The van der Waals surface area contributed by atoms with Gasteiger partial charge in [0.25, 0.3) is 11.1 Å². The molecular weight excluding hydrogens is 340 g/mol. The highest BCUT2D eigenvalue weighted by Crippen LogP contribution is 2.24. The molecule has 1 saturated carbocycles. The highest BCUT2D eigenvalue weighted by atomic mass is 32.2. The van der Waals surface area contributed by atoms with Crippen LogP contribution in [-0.4, -0.2) is 35.3 Å². The van der Waals surface area contributed by atoms with Crippen LogP contribution in [0.3, 0.4) is 0 Å². The number of rotatable bonds is 6. The first-order valence-electron chi connectivity index (χ1n) is 8.55. The Balaban J connectivity index is 1.39. The van der Waals surface area contributed by atoms with Gasteiger partial charge in [0.2, 0.25) is 0 Å². The van der Waals surface area contributed by atoms with Gasteiger partial charge in [-0.3, -0.25) is 9.59 Å². The first-order chi connectivity index (χ1) is 12.1. The van der Waals surface area contributed by atoms with Crippen LogP contribution < -0.4 is 5.32 Å². The first kappa shape index (κ1) is 17.8. The summed E-state index contributed by atoms with van der Waals surface area (Å²) >= 11 is 1.16. The molecule has 1 aromatic heterocycles. The molecule has 25 heavy (non-hydrogen) atoms. The van der Waals surface area contributed by atoms with Crippen LogP contribution in [0.15, 0.2) is 33.9 Å². The maximum absolute atomic E-state index is 11.9. The third-order valence-corrected chi connectivity index (χ3v) is 5.21. The van der Waals surface area contributed by atoms with Crippen molar-refractivity contribution in [3.63, 3.8) is 0 Å². The van der Waals surface area contributed by atoms with Crippen molar-refractivity contribution in [3.8, 4) is 0 Å². The summed E-state index contributed by atoms with van der Waals surface area (Å²) in [6, 6.07) is 7.59. The number of esters is 1. The van der Waals surface area contributed by atoms with Gasteiger partial charge in [0, 0.05) is 6.04 Å². The molecule has 0 saturated heterocycles. The minimum Gasteiger partial charge on any atom is -0.455 e. The van der Waals surface area contributed by atoms with Crippen molar-refractivity contribution in [2.45, 2.75) is 43.9 Å². The lowest BCUT2D eigenvalue weighted by Crippen LogP contribution is -2.43. The zero-order valence-corrected chi connectivity index (χ0v) is 15.0. The molecule has 2 atom stereocenters. The molecule has 1 aliphatic carbocycles. The highest BCUT2D eigenvalue weighted by molar-refractivity contribution is 7.99. The van der Waals surface area contributed by atoms with Crippen LogP contribution in [0, 0.1) is 5.92 Å². The molecule has 0 unspecified atom stereocenters. The Morgan fingerprint density at radius 1 is 1.32 bits per heavy atom. The second-order valence-corrected chi connectivity index (χ2v) is 7.26. The van der Waals surface area contributed by atoms with E-state index in [1.807, 2.05) is 24.3 Å². The molecule has 6 nitrogen and oxygen atoms in total. The van der Waals surface area contributed by atoms with Crippen LogP contribution in [0.1, 0.15) is 32.6 Å². The molecule has 7 heteroatoms. The molecule has 0 aliphatic heterocycles. The minimum atomic E-state index is -0.459. The Morgan fingerprint density at radius 2 is 2.12 bits per heavy atom. The predicted octanol–water partition coefficient (Wildman–Crippen LogP) is 3.16. The van der Waals surface area contributed by atoms with Gasteiger partial charge < -0.3 is 14.5 Å². The van der Waals surface area contributed by atoms with Gasteiger partial charge in [-0.05, 0) is 30.9 Å². The number of aromatic nitrogens is 1. The quantitative estimate of drug-likeness (QED) is 0.628. The fourth-order valence-corrected chi connectivity index (χ4v) is 3.64. The average molecular weight is 362 g/mol. The van der Waals surface area contributed by atoms with Crippen LogP contribution in [0.5, 0.6) is 0 Å². The van der Waals surface area contributed by atoms with E-state index in [9.17, 15) is 9.59 Å². The molecule has 2 aromatic rings. The van der Waals surface area contributed by atoms with Crippen LogP contribution in [0.25, 0.3) is 11.1 Å². The Kier molecular flexibility index (Phi) is 5.96. The van der Waals surface area contributed by atoms with Gasteiger partial charge in [-0.2, -0.15) is 0 Å². The van der Waals surface area contributed by atoms with E-state index in [4.69, 9.17) is 9.15 Å². The van der Waals surface area contributed by atoms with Crippen molar-refractivity contribution < 1.29 is 18.7 Å². The van der Waals surface area contributed by atoms with E-state index < -0.39 is 5.97 Å². The van der Waals surface area contributed by atoms with Crippen molar-refractivity contribution in [3.05, 3.63) is 24.3 Å². The van der Waals surface area contributed by atoms with E-state index in [-0.39, 0.29) is 24.3 Å². The average Bonchev–Trinajstić information content (AvgIpc) is 3.03. The number of hydrogen-bond donors (Lipinski definition) is 1. The zero-order chi connectivity index (χ0) is 17.6. The second kappa shape index (κ2) is 8.38. The number of carbonyl (C=O) groups is 2. The van der Waals surface area contributed by atoms with E-state index in [2.05, 4.69) is 17.2 Å². The van der Waals surface area contributed by atoms with E-state index in [1.54, 1.807) is 0 Å². The molecule has 1 aromatic carbocycles. The number of carbonyl (C=O) groups excluding carboxylic acids is 2. The summed E-state index contributed by atoms with van der Waals surface area (Å²) in [5.74, 6) is -0.166. The summed E-state index contributed by atoms with van der Waals surface area (Å²) in [7, 11) is 0. The molecule has 0 radical (unpaired) electrons. The van der Waals surface area contributed by atoms with Gasteiger partial charge in [-0.25, -0.2) is 4.98 Å². The lowest BCUT2D eigenvalue weighted by atomic mass is 9.86. The van der Waals surface area contributed by atoms with Crippen molar-refractivity contribution in [1.29, 1.82) is 0 Å². The van der Waals surface area contributed by atoms with Crippen LogP contribution in [-0.2, 0) is 14.3 Å². The van der Waals surface area contributed by atoms with Crippen LogP contribution in [0.2, 0.25) is 0 Å². The number of nitrogens with zero attached hydrogens (tertiary/aromatic N) is 1. The molecule has 1 fully saturated rings. The first-order valence-corrected chi connectivity index (χ1v) is 9.54. The number of nitrogens with one attached hydrogen (secondary N) is 1. The number of amides is 1. The van der Waals surface area contributed by atoms with Crippen LogP contribution in [0.4, 0.5) is 0 Å². The molecular formula is C18H22N2O4S. The topological polar surface area (TPSA) is 81.4 Å². The Morgan fingerprint density at radius 3 is 2.92 bits per heavy atom. The SMILES string of the molecule is C[C@@H]1CCCC[C@@H]1NC(=O)COC(=O)CSc1nc2ccccc2o1. The normalized spacial score (nSPS) is 20.4. The number of ether oxygens (including phenoxy) is 1. The Labute approximate surface area is 150 Å². The van der Waals surface area contributed by atoms with Gasteiger partial charge in [-0.1, -0.05) is 43.7 Å². The van der Waals surface area contributed by atoms with Gasteiger partial charge in [0.05, 0.1) is 0 Å². The summed E-state index contributed by atoms with van der Waals surface area (Å²) in [6.45, 7) is 1.91. The highest BCUT2D eigenvalue weighted by Gasteiger charge is 2.23. The number of fused-ring (bicyclic) bond motifs is 1. The summed E-state index contributed by atoms with van der Waals surface area (Å²) in [6.07, 6.45) is 4.48. The predicted molar refractivity (Wildman–Crippen MR) is 95.3 cm³/mol. The number of hydrogen-bond acceptors (Lipinski definition) is 6. The molecule has 1 aliphatic rings. The molecule has 1 N–H and O–H groups in total. The minimum absolute atomic E-state index is 0.0555. The van der Waals surface area contributed by atoms with E-state index >= 15 is 0 Å². The number of para-hydroxylation sites is 2. The van der Waals surface area contributed by atoms with Gasteiger partial charge in [0.1, 0.15) is 11.3 Å². The smallest absolute Gasteiger partial charge is 0.316 e. The van der Waals surface area contributed by atoms with Crippen molar-refractivity contribution in [2.24, 2.45) is 5.92 Å².